The van der Waals surface area contributed by atoms with Gasteiger partial charge in [-0.25, -0.2) is 15.0 Å². The van der Waals surface area contributed by atoms with Crippen molar-refractivity contribution in [3.8, 4) is 73.6 Å². The zero-order valence-electron chi connectivity index (χ0n) is 30.2. The quantitative estimate of drug-likeness (QED) is 0.166. The minimum Gasteiger partial charge on any atom is -0.208 e. The van der Waals surface area contributed by atoms with Gasteiger partial charge in [-0.3, -0.25) is 0 Å². The summed E-state index contributed by atoms with van der Waals surface area (Å²) in [5, 5.41) is 9.72. The second-order valence-electron chi connectivity index (χ2n) is 15.8. The first-order chi connectivity index (χ1) is 26.6. The van der Waals surface area contributed by atoms with E-state index in [0.717, 1.165) is 56.7 Å². The van der Waals surface area contributed by atoms with E-state index in [4.69, 9.17) is 15.0 Å². The van der Waals surface area contributed by atoms with Crippen LogP contribution in [0.3, 0.4) is 0 Å². The molecule has 4 bridgehead atoms. The molecule has 11 rings (SSSR count). The summed E-state index contributed by atoms with van der Waals surface area (Å²) >= 11 is 0. The topological polar surface area (TPSA) is 62.5 Å². The molecule has 0 radical (unpaired) electrons. The molecule has 7 aromatic rings. The van der Waals surface area contributed by atoms with Crippen LogP contribution < -0.4 is 0 Å². The number of hydrogen-bond donors (Lipinski definition) is 0. The molecule has 4 heteroatoms. The third-order valence-electron chi connectivity index (χ3n) is 12.3. The van der Waals surface area contributed by atoms with Crippen LogP contribution in [0.5, 0.6) is 0 Å². The van der Waals surface area contributed by atoms with Crippen molar-refractivity contribution in [1.29, 1.82) is 5.26 Å². The number of nitrogens with zero attached hydrogens (tertiary/aromatic N) is 4. The molecule has 54 heavy (non-hydrogen) atoms. The van der Waals surface area contributed by atoms with Crippen LogP contribution in [0, 0.1) is 29.1 Å². The maximum atomic E-state index is 9.72. The van der Waals surface area contributed by atoms with Crippen molar-refractivity contribution in [1.82, 2.24) is 15.0 Å². The van der Waals surface area contributed by atoms with Crippen molar-refractivity contribution in [2.75, 3.05) is 0 Å². The Morgan fingerprint density at radius 2 is 0.926 bits per heavy atom. The molecule has 0 aliphatic heterocycles. The number of nitriles is 1. The fraction of sp³-hybridized carbons (Fsp3) is 0.200. The van der Waals surface area contributed by atoms with E-state index in [1.807, 2.05) is 48.5 Å². The first kappa shape index (κ1) is 32.5. The second-order valence-corrected chi connectivity index (χ2v) is 15.8. The minimum absolute atomic E-state index is 0.355. The zero-order chi connectivity index (χ0) is 36.1. The lowest BCUT2D eigenvalue weighted by molar-refractivity contribution is -0.00518. The highest BCUT2D eigenvalue weighted by atomic mass is 15.0. The van der Waals surface area contributed by atoms with Gasteiger partial charge in [-0.1, -0.05) is 133 Å². The summed E-state index contributed by atoms with van der Waals surface area (Å²) in [6, 6.07) is 55.3. The van der Waals surface area contributed by atoms with Crippen molar-refractivity contribution in [2.24, 2.45) is 17.8 Å². The van der Waals surface area contributed by atoms with E-state index in [9.17, 15) is 5.26 Å². The molecule has 4 fully saturated rings. The van der Waals surface area contributed by atoms with Gasteiger partial charge in [-0.15, -0.1) is 0 Å². The Morgan fingerprint density at radius 3 is 1.50 bits per heavy atom. The molecule has 0 spiro atoms. The van der Waals surface area contributed by atoms with E-state index in [1.54, 1.807) is 6.07 Å². The molecule has 1 aromatic heterocycles. The maximum Gasteiger partial charge on any atom is 0.164 e. The summed E-state index contributed by atoms with van der Waals surface area (Å²) < 4.78 is 0. The van der Waals surface area contributed by atoms with Gasteiger partial charge in [0.25, 0.3) is 0 Å². The smallest absolute Gasteiger partial charge is 0.164 e. The van der Waals surface area contributed by atoms with E-state index in [-0.39, 0.29) is 0 Å². The largest absolute Gasteiger partial charge is 0.208 e. The molecule has 4 nitrogen and oxygen atoms in total. The fourth-order valence-corrected chi connectivity index (χ4v) is 10.4. The number of aromatic nitrogens is 3. The van der Waals surface area contributed by atoms with Crippen LogP contribution >= 0.6 is 0 Å². The van der Waals surface area contributed by atoms with Gasteiger partial charge in [0.05, 0.1) is 11.6 Å². The highest BCUT2D eigenvalue weighted by molar-refractivity contribution is 6.01. The number of rotatable bonds is 7. The average molecular weight is 697 g/mol. The summed E-state index contributed by atoms with van der Waals surface area (Å²) in [6.45, 7) is 0. The van der Waals surface area contributed by atoms with E-state index in [0.29, 0.717) is 28.5 Å². The molecular weight excluding hydrogens is 657 g/mol. The first-order valence-corrected chi connectivity index (χ1v) is 19.3. The molecule has 0 unspecified atom stereocenters. The van der Waals surface area contributed by atoms with Crippen LogP contribution in [0.15, 0.2) is 152 Å². The van der Waals surface area contributed by atoms with Crippen LogP contribution in [0.25, 0.3) is 67.5 Å². The lowest BCUT2D eigenvalue weighted by Crippen LogP contribution is -2.48. The fourth-order valence-electron chi connectivity index (χ4n) is 10.4. The highest BCUT2D eigenvalue weighted by Gasteiger charge is 2.51. The summed E-state index contributed by atoms with van der Waals surface area (Å²) in [7, 11) is 0. The monoisotopic (exact) mass is 696 g/mol. The van der Waals surface area contributed by atoms with Gasteiger partial charge in [0.15, 0.2) is 17.5 Å². The van der Waals surface area contributed by atoms with E-state index in [1.165, 1.54) is 55.2 Å². The van der Waals surface area contributed by atoms with Crippen LogP contribution in [0.2, 0.25) is 0 Å². The Bertz CT molecular complexity index is 2480. The van der Waals surface area contributed by atoms with Gasteiger partial charge in [0, 0.05) is 22.3 Å². The minimum atomic E-state index is 0.355. The zero-order valence-corrected chi connectivity index (χ0v) is 30.2. The molecule has 0 saturated heterocycles. The highest BCUT2D eigenvalue weighted by Crippen LogP contribution is 2.61. The summed E-state index contributed by atoms with van der Waals surface area (Å²) in [6.07, 6.45) is 8.44. The molecule has 0 N–H and O–H groups in total. The first-order valence-electron chi connectivity index (χ1n) is 19.3. The summed E-state index contributed by atoms with van der Waals surface area (Å²) in [4.78, 5) is 15.3. The normalized spacial score (nSPS) is 21.1. The van der Waals surface area contributed by atoms with Gasteiger partial charge in [0.1, 0.15) is 0 Å². The van der Waals surface area contributed by atoms with Gasteiger partial charge < -0.3 is 0 Å². The van der Waals surface area contributed by atoms with Crippen LogP contribution in [-0.2, 0) is 5.41 Å². The molecule has 6 aromatic carbocycles. The van der Waals surface area contributed by atoms with E-state index < -0.39 is 0 Å². The van der Waals surface area contributed by atoms with Gasteiger partial charge in [-0.2, -0.15) is 5.26 Å². The summed E-state index contributed by atoms with van der Waals surface area (Å²) in [5.74, 6) is 4.43. The van der Waals surface area contributed by atoms with E-state index in [2.05, 4.69) is 103 Å². The maximum absolute atomic E-state index is 9.72. The molecule has 4 aliphatic carbocycles. The summed E-state index contributed by atoms with van der Waals surface area (Å²) in [5.41, 5.74) is 11.9. The molecule has 4 aliphatic rings. The standard InChI is InChI=1S/C50H40N4/c51-32-33-11-10-18-41(28-33)48-52-47(40-16-8-3-9-17-40)53-49(54-48)44-24-23-43(45(38-12-4-1-5-13-38)46(44)39-14-6-2-7-15-39)37-19-21-42(22-20-37)50-29-34-25-35(30-50)27-36(26-34)31-50/h1-24,28,34-36H,25-27,29-31H2. The van der Waals surface area contributed by atoms with Crippen molar-refractivity contribution in [3.63, 3.8) is 0 Å². The predicted octanol–water partition coefficient (Wildman–Crippen LogP) is 12.2. The SMILES string of the molecule is N#Cc1cccc(-c2nc(-c3ccccc3)nc(-c3ccc(-c4ccc(C56CC7CC(CC(C7)C5)C6)cc4)c(-c4ccccc4)c3-c3ccccc3)n2)c1. The third kappa shape index (κ3) is 5.81. The molecule has 4 saturated carbocycles. The average Bonchev–Trinajstić information content (AvgIpc) is 3.23. The van der Waals surface area contributed by atoms with Crippen LogP contribution in [0.4, 0.5) is 0 Å². The number of benzene rings is 6. The van der Waals surface area contributed by atoms with Crippen molar-refractivity contribution >= 4 is 0 Å². The molecular formula is C50H40N4. The number of hydrogen-bond acceptors (Lipinski definition) is 4. The van der Waals surface area contributed by atoms with E-state index >= 15 is 0 Å². The van der Waals surface area contributed by atoms with Crippen molar-refractivity contribution < 1.29 is 0 Å². The van der Waals surface area contributed by atoms with Crippen LogP contribution in [0.1, 0.15) is 49.7 Å². The van der Waals surface area contributed by atoms with Gasteiger partial charge >= 0.3 is 0 Å². The van der Waals surface area contributed by atoms with Gasteiger partial charge in [-0.05, 0) is 113 Å². The predicted molar refractivity (Wildman–Crippen MR) is 217 cm³/mol. The van der Waals surface area contributed by atoms with Crippen molar-refractivity contribution in [3.05, 3.63) is 163 Å². The van der Waals surface area contributed by atoms with Crippen LogP contribution in [-0.4, -0.2) is 15.0 Å². The Hall–Kier alpha value is -6.18. The lowest BCUT2D eigenvalue weighted by atomic mass is 9.48. The lowest BCUT2D eigenvalue weighted by Gasteiger charge is -2.57. The Kier molecular flexibility index (Phi) is 8.02. The Labute approximate surface area is 317 Å². The molecule has 0 amide bonds. The Morgan fingerprint density at radius 1 is 0.444 bits per heavy atom. The third-order valence-corrected chi connectivity index (χ3v) is 12.3. The molecule has 1 heterocycles. The molecule has 0 atom stereocenters. The molecule has 260 valence electrons. The van der Waals surface area contributed by atoms with Crippen molar-refractivity contribution in [2.45, 2.75) is 43.9 Å². The van der Waals surface area contributed by atoms with Gasteiger partial charge in [0.2, 0.25) is 0 Å². The Balaban J connectivity index is 1.18. The second kappa shape index (κ2) is 13.3.